The van der Waals surface area contributed by atoms with Gasteiger partial charge in [-0.05, 0) is 42.3 Å². The molecule has 0 aliphatic carbocycles. The lowest BCUT2D eigenvalue weighted by Crippen LogP contribution is -2.26. The number of benzene rings is 2. The van der Waals surface area contributed by atoms with Crippen LogP contribution in [-0.4, -0.2) is 32.0 Å². The van der Waals surface area contributed by atoms with Crippen LogP contribution in [0.3, 0.4) is 0 Å². The van der Waals surface area contributed by atoms with Crippen molar-refractivity contribution in [2.75, 3.05) is 36.1 Å². The average molecular weight is 338 g/mol. The highest BCUT2D eigenvalue weighted by molar-refractivity contribution is 6.00. The number of fused-ring (bicyclic) bond motifs is 1. The minimum absolute atomic E-state index is 0.0356. The van der Waals surface area contributed by atoms with Crippen LogP contribution in [0.1, 0.15) is 22.3 Å². The van der Waals surface area contributed by atoms with Gasteiger partial charge < -0.3 is 21.3 Å². The first-order chi connectivity index (χ1) is 12.0. The molecule has 2 amide bonds. The van der Waals surface area contributed by atoms with E-state index in [0.29, 0.717) is 30.8 Å². The first kappa shape index (κ1) is 16.8. The molecule has 0 bridgehead atoms. The van der Waals surface area contributed by atoms with Gasteiger partial charge in [0.25, 0.3) is 5.91 Å². The maximum Gasteiger partial charge on any atom is 0.251 e. The molecule has 3 rings (SSSR count). The molecule has 0 atom stereocenters. The first-order valence-corrected chi connectivity index (χ1v) is 8.30. The molecule has 130 valence electrons. The minimum Gasteiger partial charge on any atom is -0.399 e. The van der Waals surface area contributed by atoms with E-state index in [1.807, 2.05) is 42.3 Å². The standard InChI is InChI=1S/C19H22N4O2/c1-23-11-9-18(24)22-16-12-14(4-7-17(16)23)19(25)21-10-8-13-2-5-15(20)6-3-13/h2-7,12H,8-11,20H2,1H3,(H,21,25)(H,22,24). The van der Waals surface area contributed by atoms with E-state index >= 15 is 0 Å². The normalized spacial score (nSPS) is 13.6. The number of amides is 2. The molecule has 0 radical (unpaired) electrons. The number of nitrogen functional groups attached to an aromatic ring is 1. The molecule has 4 N–H and O–H groups in total. The number of anilines is 3. The quantitative estimate of drug-likeness (QED) is 0.744. The molecule has 0 aromatic heterocycles. The summed E-state index contributed by atoms with van der Waals surface area (Å²) in [4.78, 5) is 26.2. The number of hydrogen-bond donors (Lipinski definition) is 3. The third kappa shape index (κ3) is 4.09. The molecule has 2 aromatic carbocycles. The maximum atomic E-state index is 12.4. The van der Waals surface area contributed by atoms with Crippen molar-refractivity contribution in [1.29, 1.82) is 0 Å². The smallest absolute Gasteiger partial charge is 0.251 e. The predicted octanol–water partition coefficient (Wildman–Crippen LogP) is 2.02. The van der Waals surface area contributed by atoms with Gasteiger partial charge in [0.2, 0.25) is 5.91 Å². The topological polar surface area (TPSA) is 87.5 Å². The minimum atomic E-state index is -0.153. The summed E-state index contributed by atoms with van der Waals surface area (Å²) in [7, 11) is 1.94. The van der Waals surface area contributed by atoms with Crippen LogP contribution in [0.2, 0.25) is 0 Å². The number of nitrogens with one attached hydrogen (secondary N) is 2. The summed E-state index contributed by atoms with van der Waals surface area (Å²) in [5, 5.41) is 5.77. The molecule has 0 fully saturated rings. The van der Waals surface area contributed by atoms with Gasteiger partial charge in [0.1, 0.15) is 0 Å². The van der Waals surface area contributed by atoms with Crippen LogP contribution in [0.25, 0.3) is 0 Å². The Morgan fingerprint density at radius 1 is 1.24 bits per heavy atom. The third-order valence-corrected chi connectivity index (χ3v) is 4.30. The second kappa shape index (κ2) is 7.25. The number of hydrogen-bond acceptors (Lipinski definition) is 4. The summed E-state index contributed by atoms with van der Waals surface area (Å²) in [6.45, 7) is 1.19. The highest BCUT2D eigenvalue weighted by Gasteiger charge is 2.18. The fraction of sp³-hybridized carbons (Fsp3) is 0.263. The molecule has 6 heteroatoms. The van der Waals surface area contributed by atoms with Crippen molar-refractivity contribution in [2.45, 2.75) is 12.8 Å². The predicted molar refractivity (Wildman–Crippen MR) is 99.9 cm³/mol. The average Bonchev–Trinajstić information content (AvgIpc) is 2.74. The molecule has 1 aliphatic heterocycles. The van der Waals surface area contributed by atoms with Gasteiger partial charge in [-0.3, -0.25) is 9.59 Å². The van der Waals surface area contributed by atoms with Gasteiger partial charge in [-0.15, -0.1) is 0 Å². The number of carbonyl (C=O) groups is 2. The summed E-state index contributed by atoms with van der Waals surface area (Å²) < 4.78 is 0. The second-order valence-corrected chi connectivity index (χ2v) is 6.20. The Kier molecular flexibility index (Phi) is 4.88. The fourth-order valence-corrected chi connectivity index (χ4v) is 2.82. The van der Waals surface area contributed by atoms with E-state index in [1.165, 1.54) is 0 Å². The fourth-order valence-electron chi connectivity index (χ4n) is 2.82. The molecule has 0 saturated heterocycles. The van der Waals surface area contributed by atoms with E-state index in [1.54, 1.807) is 12.1 Å². The van der Waals surface area contributed by atoms with Crippen LogP contribution < -0.4 is 21.3 Å². The zero-order valence-corrected chi connectivity index (χ0v) is 14.2. The van der Waals surface area contributed by atoms with Crippen molar-refractivity contribution in [3.8, 4) is 0 Å². The van der Waals surface area contributed by atoms with Crippen molar-refractivity contribution >= 4 is 28.9 Å². The van der Waals surface area contributed by atoms with E-state index in [9.17, 15) is 9.59 Å². The molecule has 25 heavy (non-hydrogen) atoms. The Morgan fingerprint density at radius 3 is 2.76 bits per heavy atom. The monoisotopic (exact) mass is 338 g/mol. The van der Waals surface area contributed by atoms with E-state index in [-0.39, 0.29) is 11.8 Å². The summed E-state index contributed by atoms with van der Waals surface area (Å²) >= 11 is 0. The van der Waals surface area contributed by atoms with E-state index in [0.717, 1.165) is 23.4 Å². The van der Waals surface area contributed by atoms with Gasteiger partial charge in [-0.25, -0.2) is 0 Å². The van der Waals surface area contributed by atoms with Gasteiger partial charge in [0, 0.05) is 37.8 Å². The number of nitrogens with zero attached hydrogens (tertiary/aromatic N) is 1. The number of rotatable bonds is 4. The molecule has 6 nitrogen and oxygen atoms in total. The second-order valence-electron chi connectivity index (χ2n) is 6.20. The zero-order valence-electron chi connectivity index (χ0n) is 14.2. The van der Waals surface area contributed by atoms with Gasteiger partial charge in [0.05, 0.1) is 11.4 Å². The van der Waals surface area contributed by atoms with E-state index in [2.05, 4.69) is 10.6 Å². The highest BCUT2D eigenvalue weighted by atomic mass is 16.2. The van der Waals surface area contributed by atoms with Crippen LogP contribution in [0.15, 0.2) is 42.5 Å². The lowest BCUT2D eigenvalue weighted by atomic mass is 10.1. The highest BCUT2D eigenvalue weighted by Crippen LogP contribution is 2.28. The molecule has 2 aromatic rings. The van der Waals surface area contributed by atoms with Crippen LogP contribution in [-0.2, 0) is 11.2 Å². The summed E-state index contributed by atoms with van der Waals surface area (Å²) in [5.41, 5.74) is 9.64. The van der Waals surface area contributed by atoms with Gasteiger partial charge in [0.15, 0.2) is 0 Å². The number of carbonyl (C=O) groups excluding carboxylic acids is 2. The Labute approximate surface area is 147 Å². The van der Waals surface area contributed by atoms with Gasteiger partial charge in [-0.2, -0.15) is 0 Å². The van der Waals surface area contributed by atoms with Gasteiger partial charge in [-0.1, -0.05) is 12.1 Å². The van der Waals surface area contributed by atoms with Crippen molar-refractivity contribution in [2.24, 2.45) is 0 Å². The van der Waals surface area contributed by atoms with Crippen LogP contribution in [0, 0.1) is 0 Å². The Morgan fingerprint density at radius 2 is 2.00 bits per heavy atom. The van der Waals surface area contributed by atoms with E-state index in [4.69, 9.17) is 5.73 Å². The lowest BCUT2D eigenvalue weighted by Gasteiger charge is -2.18. The summed E-state index contributed by atoms with van der Waals surface area (Å²) in [6, 6.07) is 13.0. The molecule has 1 heterocycles. The largest absolute Gasteiger partial charge is 0.399 e. The maximum absolute atomic E-state index is 12.4. The van der Waals surface area contributed by atoms with Crippen molar-refractivity contribution in [1.82, 2.24) is 5.32 Å². The summed E-state index contributed by atoms with van der Waals surface area (Å²) in [6.07, 6.45) is 1.17. The SMILES string of the molecule is CN1CCC(=O)Nc2cc(C(=O)NCCc3ccc(N)cc3)ccc21. The van der Waals surface area contributed by atoms with Crippen LogP contribution in [0.4, 0.5) is 17.1 Å². The molecule has 1 aliphatic rings. The zero-order chi connectivity index (χ0) is 17.8. The van der Waals surface area contributed by atoms with Crippen molar-refractivity contribution in [3.63, 3.8) is 0 Å². The molecular formula is C19H22N4O2. The van der Waals surface area contributed by atoms with Crippen molar-refractivity contribution < 1.29 is 9.59 Å². The molecule has 0 spiro atoms. The third-order valence-electron chi connectivity index (χ3n) is 4.30. The Bertz CT molecular complexity index is 787. The Balaban J connectivity index is 1.64. The summed E-state index contributed by atoms with van der Waals surface area (Å²) in [5.74, 6) is -0.189. The molecular weight excluding hydrogens is 316 g/mol. The van der Waals surface area contributed by atoms with Crippen LogP contribution >= 0.6 is 0 Å². The lowest BCUT2D eigenvalue weighted by molar-refractivity contribution is -0.115. The van der Waals surface area contributed by atoms with E-state index < -0.39 is 0 Å². The first-order valence-electron chi connectivity index (χ1n) is 8.30. The van der Waals surface area contributed by atoms with Gasteiger partial charge >= 0.3 is 0 Å². The van der Waals surface area contributed by atoms with Crippen molar-refractivity contribution in [3.05, 3.63) is 53.6 Å². The molecule has 0 saturated carbocycles. The number of nitrogens with two attached hydrogens (primary N) is 1. The molecule has 0 unspecified atom stereocenters. The Hall–Kier alpha value is -3.02. The van der Waals surface area contributed by atoms with Crippen LogP contribution in [0.5, 0.6) is 0 Å².